The molecule has 0 fully saturated rings. The van der Waals surface area contributed by atoms with Gasteiger partial charge < -0.3 is 19.9 Å². The first kappa shape index (κ1) is 22.3. The first-order valence-electron chi connectivity index (χ1n) is 9.72. The molecule has 2 N–H and O–H groups in total. The van der Waals surface area contributed by atoms with Crippen LogP contribution in [0.25, 0.3) is 0 Å². The number of nitrogens with zero attached hydrogens (tertiary/aromatic N) is 4. The van der Waals surface area contributed by atoms with Crippen molar-refractivity contribution in [3.8, 4) is 5.75 Å². The van der Waals surface area contributed by atoms with Gasteiger partial charge in [-0.1, -0.05) is 11.8 Å². The van der Waals surface area contributed by atoms with E-state index in [4.69, 9.17) is 4.74 Å². The van der Waals surface area contributed by atoms with Crippen molar-refractivity contribution >= 4 is 29.3 Å². The van der Waals surface area contributed by atoms with E-state index in [-0.39, 0.29) is 23.6 Å². The smallest absolute Gasteiger partial charge is 0.251 e. The van der Waals surface area contributed by atoms with Crippen LogP contribution in [0.15, 0.2) is 53.9 Å². The number of rotatable bonds is 9. The number of hydrogen-bond acceptors (Lipinski definition) is 7. The summed E-state index contributed by atoms with van der Waals surface area (Å²) in [5, 5.41) is 14.8. The second kappa shape index (κ2) is 10.6. The highest BCUT2D eigenvalue weighted by molar-refractivity contribution is 7.99. The van der Waals surface area contributed by atoms with Gasteiger partial charge in [0, 0.05) is 18.3 Å². The summed E-state index contributed by atoms with van der Waals surface area (Å²) >= 11 is 1.29. The number of hydrogen-bond donors (Lipinski definition) is 2. The summed E-state index contributed by atoms with van der Waals surface area (Å²) < 4.78 is 7.01. The van der Waals surface area contributed by atoms with E-state index in [1.165, 1.54) is 11.8 Å². The van der Waals surface area contributed by atoms with Gasteiger partial charge in [0.15, 0.2) is 11.0 Å². The van der Waals surface area contributed by atoms with Crippen LogP contribution in [0, 0.1) is 0 Å². The van der Waals surface area contributed by atoms with E-state index in [0.29, 0.717) is 34.5 Å². The van der Waals surface area contributed by atoms with E-state index in [9.17, 15) is 9.59 Å². The van der Waals surface area contributed by atoms with Crippen molar-refractivity contribution in [2.75, 3.05) is 18.2 Å². The molecule has 2 heterocycles. The van der Waals surface area contributed by atoms with Crippen LogP contribution >= 0.6 is 11.8 Å². The van der Waals surface area contributed by atoms with Gasteiger partial charge in [-0.25, -0.2) is 0 Å². The number of aromatic nitrogens is 4. The largest absolute Gasteiger partial charge is 0.497 e. The molecule has 3 rings (SSSR count). The molecule has 0 bridgehead atoms. The van der Waals surface area contributed by atoms with Crippen molar-refractivity contribution < 1.29 is 14.3 Å². The summed E-state index contributed by atoms with van der Waals surface area (Å²) in [4.78, 5) is 28.7. The maximum absolute atomic E-state index is 12.6. The molecule has 0 aliphatic heterocycles. The predicted octanol–water partition coefficient (Wildman–Crippen LogP) is 2.92. The lowest BCUT2D eigenvalue weighted by Gasteiger charge is -2.15. The second-order valence-electron chi connectivity index (χ2n) is 6.59. The molecule has 0 radical (unpaired) electrons. The standard InChI is InChI=1S/C21H24N6O3S/c1-4-27-19(14(2)23-20(29)15-7-9-17(30-3)10-8-15)25-26-21(27)31-13-18(28)24-16-6-5-11-22-12-16/h5-12,14H,4,13H2,1-3H3,(H,23,29)(H,24,28). The molecule has 10 heteroatoms. The molecule has 0 spiro atoms. The Morgan fingerprint density at radius 2 is 1.97 bits per heavy atom. The lowest BCUT2D eigenvalue weighted by atomic mass is 10.2. The molecule has 0 aliphatic carbocycles. The molecular weight excluding hydrogens is 416 g/mol. The van der Waals surface area contributed by atoms with Crippen molar-refractivity contribution in [1.82, 2.24) is 25.1 Å². The summed E-state index contributed by atoms with van der Waals surface area (Å²) in [6.45, 7) is 4.42. The van der Waals surface area contributed by atoms with Crippen LogP contribution in [0.5, 0.6) is 5.75 Å². The molecule has 0 saturated heterocycles. The highest BCUT2D eigenvalue weighted by Gasteiger charge is 2.20. The van der Waals surface area contributed by atoms with Crippen molar-refractivity contribution in [3.05, 3.63) is 60.2 Å². The molecular formula is C21H24N6O3S. The predicted molar refractivity (Wildman–Crippen MR) is 118 cm³/mol. The number of thioether (sulfide) groups is 1. The monoisotopic (exact) mass is 440 g/mol. The minimum absolute atomic E-state index is 0.161. The van der Waals surface area contributed by atoms with Gasteiger partial charge in [0.25, 0.3) is 5.91 Å². The number of nitrogens with one attached hydrogen (secondary N) is 2. The number of pyridine rings is 1. The van der Waals surface area contributed by atoms with Crippen LogP contribution < -0.4 is 15.4 Å². The number of carbonyl (C=O) groups is 2. The Balaban J connectivity index is 1.61. The highest BCUT2D eigenvalue weighted by Crippen LogP contribution is 2.21. The molecule has 2 amide bonds. The van der Waals surface area contributed by atoms with E-state index in [0.717, 1.165) is 0 Å². The van der Waals surface area contributed by atoms with Gasteiger partial charge in [0.1, 0.15) is 5.75 Å². The summed E-state index contributed by atoms with van der Waals surface area (Å²) in [6.07, 6.45) is 3.23. The van der Waals surface area contributed by atoms with Gasteiger partial charge in [-0.15, -0.1) is 10.2 Å². The van der Waals surface area contributed by atoms with E-state index >= 15 is 0 Å². The van der Waals surface area contributed by atoms with Crippen LogP contribution in [0.3, 0.4) is 0 Å². The van der Waals surface area contributed by atoms with E-state index in [1.54, 1.807) is 55.9 Å². The normalized spacial score (nSPS) is 11.6. The van der Waals surface area contributed by atoms with Gasteiger partial charge in [-0.2, -0.15) is 0 Å². The van der Waals surface area contributed by atoms with Gasteiger partial charge in [-0.05, 0) is 50.2 Å². The fourth-order valence-electron chi connectivity index (χ4n) is 2.88. The Kier molecular flexibility index (Phi) is 7.60. The number of ether oxygens (including phenoxy) is 1. The molecule has 2 aromatic heterocycles. The molecule has 0 saturated carbocycles. The fourth-order valence-corrected chi connectivity index (χ4v) is 3.68. The van der Waals surface area contributed by atoms with Gasteiger partial charge >= 0.3 is 0 Å². The number of methoxy groups -OCH3 is 1. The van der Waals surface area contributed by atoms with Crippen molar-refractivity contribution in [2.24, 2.45) is 0 Å². The third-order valence-electron chi connectivity index (χ3n) is 4.43. The quantitative estimate of drug-likeness (QED) is 0.492. The van der Waals surface area contributed by atoms with Crippen LogP contribution in [-0.2, 0) is 11.3 Å². The van der Waals surface area contributed by atoms with Crippen LogP contribution in [-0.4, -0.2) is 44.4 Å². The first-order valence-corrected chi connectivity index (χ1v) is 10.7. The van der Waals surface area contributed by atoms with E-state index < -0.39 is 0 Å². The molecule has 1 aromatic carbocycles. The number of benzene rings is 1. The molecule has 1 unspecified atom stereocenters. The third-order valence-corrected chi connectivity index (χ3v) is 5.39. The van der Waals surface area contributed by atoms with E-state index in [2.05, 4.69) is 25.8 Å². The zero-order valence-electron chi connectivity index (χ0n) is 17.5. The summed E-state index contributed by atoms with van der Waals surface area (Å²) in [5.74, 6) is 1.11. The average Bonchev–Trinajstić information content (AvgIpc) is 3.21. The Morgan fingerprint density at radius 1 is 1.19 bits per heavy atom. The second-order valence-corrected chi connectivity index (χ2v) is 7.53. The van der Waals surface area contributed by atoms with Crippen molar-refractivity contribution in [3.63, 3.8) is 0 Å². The van der Waals surface area contributed by atoms with Gasteiger partial charge in [-0.3, -0.25) is 14.6 Å². The fraction of sp³-hybridized carbons (Fsp3) is 0.286. The minimum atomic E-state index is -0.361. The minimum Gasteiger partial charge on any atom is -0.497 e. The highest BCUT2D eigenvalue weighted by atomic mass is 32.2. The maximum Gasteiger partial charge on any atom is 0.251 e. The van der Waals surface area contributed by atoms with E-state index in [1.807, 2.05) is 18.4 Å². The lowest BCUT2D eigenvalue weighted by molar-refractivity contribution is -0.113. The Hall–Kier alpha value is -3.40. The molecule has 31 heavy (non-hydrogen) atoms. The summed E-state index contributed by atoms with van der Waals surface area (Å²) in [7, 11) is 1.58. The maximum atomic E-state index is 12.6. The number of amides is 2. The zero-order chi connectivity index (χ0) is 22.2. The molecule has 1 atom stereocenters. The first-order chi connectivity index (χ1) is 15.0. The molecule has 3 aromatic rings. The summed E-state index contributed by atoms with van der Waals surface area (Å²) in [6, 6.07) is 10.0. The Morgan fingerprint density at radius 3 is 2.61 bits per heavy atom. The Labute approximate surface area is 184 Å². The molecule has 0 aliphatic rings. The van der Waals surface area contributed by atoms with Gasteiger partial charge in [0.05, 0.1) is 30.8 Å². The number of carbonyl (C=O) groups excluding carboxylic acids is 2. The zero-order valence-corrected chi connectivity index (χ0v) is 18.3. The average molecular weight is 441 g/mol. The van der Waals surface area contributed by atoms with Crippen molar-refractivity contribution in [1.29, 1.82) is 0 Å². The third kappa shape index (κ3) is 5.82. The van der Waals surface area contributed by atoms with Crippen LogP contribution in [0.2, 0.25) is 0 Å². The molecule has 9 nitrogen and oxygen atoms in total. The SMILES string of the molecule is CCn1c(SCC(=O)Nc2cccnc2)nnc1C(C)NC(=O)c1ccc(OC)cc1. The molecule has 162 valence electrons. The Bertz CT molecular complexity index is 1020. The van der Waals surface area contributed by atoms with Crippen LogP contribution in [0.4, 0.5) is 5.69 Å². The lowest BCUT2D eigenvalue weighted by Crippen LogP contribution is -2.28. The summed E-state index contributed by atoms with van der Waals surface area (Å²) in [5.41, 5.74) is 1.16. The van der Waals surface area contributed by atoms with Crippen LogP contribution in [0.1, 0.15) is 36.1 Å². The topological polar surface area (TPSA) is 111 Å². The number of anilines is 1. The van der Waals surface area contributed by atoms with Gasteiger partial charge in [0.2, 0.25) is 5.91 Å². The van der Waals surface area contributed by atoms with Crippen molar-refractivity contribution in [2.45, 2.75) is 31.6 Å².